The van der Waals surface area contributed by atoms with Crippen molar-refractivity contribution >= 4 is 11.9 Å². The Hall–Kier alpha value is -1.38. The molecule has 3 aliphatic rings. The average Bonchev–Trinajstić information content (AvgIpc) is 2.46. The zero-order chi connectivity index (χ0) is 10.8. The molecule has 0 N–H and O–H groups in total. The zero-order valence-electron chi connectivity index (χ0n) is 8.79. The van der Waals surface area contributed by atoms with Gasteiger partial charge in [-0.3, -0.25) is 9.59 Å². The standard InChI is InChI=1S/C12H12O3/c1-7-8(2)12-6-4-3-5-11(7,12)9(13)15-10(12)14/h3-4H,5-6H2,1-2H3. The van der Waals surface area contributed by atoms with Crippen molar-refractivity contribution in [3.05, 3.63) is 23.3 Å². The molecule has 2 aliphatic carbocycles. The summed E-state index contributed by atoms with van der Waals surface area (Å²) in [5, 5.41) is 0. The first-order valence-electron chi connectivity index (χ1n) is 5.17. The minimum absolute atomic E-state index is 0.347. The third-order valence-electron chi connectivity index (χ3n) is 4.47. The van der Waals surface area contributed by atoms with Crippen LogP contribution >= 0.6 is 0 Å². The first kappa shape index (κ1) is 8.89. The Bertz CT molecular complexity index is 417. The first-order chi connectivity index (χ1) is 7.07. The molecule has 15 heavy (non-hydrogen) atoms. The van der Waals surface area contributed by atoms with Gasteiger partial charge in [0.05, 0.1) is 0 Å². The summed E-state index contributed by atoms with van der Waals surface area (Å²) in [6.45, 7) is 3.87. The molecule has 0 radical (unpaired) electrons. The molecule has 0 bridgehead atoms. The molecule has 1 fully saturated rings. The monoisotopic (exact) mass is 204 g/mol. The van der Waals surface area contributed by atoms with E-state index < -0.39 is 10.8 Å². The van der Waals surface area contributed by atoms with Gasteiger partial charge in [-0.25, -0.2) is 0 Å². The van der Waals surface area contributed by atoms with E-state index in [4.69, 9.17) is 4.74 Å². The minimum Gasteiger partial charge on any atom is -0.392 e. The van der Waals surface area contributed by atoms with Crippen molar-refractivity contribution in [2.45, 2.75) is 26.7 Å². The number of cyclic esters (lactones) is 2. The van der Waals surface area contributed by atoms with Gasteiger partial charge in [-0.2, -0.15) is 0 Å². The highest BCUT2D eigenvalue weighted by molar-refractivity contribution is 6.09. The molecule has 0 amide bonds. The summed E-state index contributed by atoms with van der Waals surface area (Å²) < 4.78 is 4.86. The highest BCUT2D eigenvalue weighted by Gasteiger charge is 2.75. The lowest BCUT2D eigenvalue weighted by atomic mass is 9.44. The van der Waals surface area contributed by atoms with Crippen LogP contribution in [0.25, 0.3) is 0 Å². The molecule has 3 nitrogen and oxygen atoms in total. The Morgan fingerprint density at radius 1 is 1.00 bits per heavy atom. The second-order valence-corrected chi connectivity index (χ2v) is 4.62. The predicted molar refractivity (Wildman–Crippen MR) is 52.7 cm³/mol. The van der Waals surface area contributed by atoms with Gasteiger partial charge in [0.2, 0.25) is 0 Å². The van der Waals surface area contributed by atoms with Gasteiger partial charge in [0, 0.05) is 0 Å². The first-order valence-corrected chi connectivity index (χ1v) is 5.17. The second-order valence-electron chi connectivity index (χ2n) is 4.62. The van der Waals surface area contributed by atoms with E-state index in [0.717, 1.165) is 11.1 Å². The molecular formula is C12H12O3. The summed E-state index contributed by atoms with van der Waals surface area (Å²) in [4.78, 5) is 23.7. The number of carbonyl (C=O) groups is 2. The fourth-order valence-electron chi connectivity index (χ4n) is 3.47. The van der Waals surface area contributed by atoms with E-state index in [2.05, 4.69) is 0 Å². The molecule has 2 atom stereocenters. The van der Waals surface area contributed by atoms with Crippen molar-refractivity contribution in [3.8, 4) is 0 Å². The third kappa shape index (κ3) is 0.602. The molecule has 78 valence electrons. The van der Waals surface area contributed by atoms with Gasteiger partial charge in [0.25, 0.3) is 0 Å². The largest absolute Gasteiger partial charge is 0.392 e. The van der Waals surface area contributed by atoms with Crippen molar-refractivity contribution in [3.63, 3.8) is 0 Å². The molecule has 1 heterocycles. The van der Waals surface area contributed by atoms with Crippen LogP contribution in [-0.2, 0) is 14.3 Å². The lowest BCUT2D eigenvalue weighted by Crippen LogP contribution is -2.55. The summed E-state index contributed by atoms with van der Waals surface area (Å²) >= 11 is 0. The van der Waals surface area contributed by atoms with Gasteiger partial charge < -0.3 is 4.74 Å². The number of allylic oxidation sites excluding steroid dienone is 2. The van der Waals surface area contributed by atoms with Gasteiger partial charge in [0.15, 0.2) is 0 Å². The van der Waals surface area contributed by atoms with Crippen molar-refractivity contribution in [2.24, 2.45) is 10.8 Å². The Morgan fingerprint density at radius 2 is 1.40 bits per heavy atom. The normalized spacial score (nSPS) is 42.3. The SMILES string of the molecule is CC1=C(C)C23CC=CCC12C(=O)OC3=O. The van der Waals surface area contributed by atoms with E-state index in [9.17, 15) is 9.59 Å². The maximum absolute atomic E-state index is 11.8. The van der Waals surface area contributed by atoms with Crippen molar-refractivity contribution in [1.82, 2.24) is 0 Å². The zero-order valence-corrected chi connectivity index (χ0v) is 8.79. The topological polar surface area (TPSA) is 43.4 Å². The van der Waals surface area contributed by atoms with Gasteiger partial charge in [0.1, 0.15) is 10.8 Å². The smallest absolute Gasteiger partial charge is 0.325 e. The lowest BCUT2D eigenvalue weighted by Gasteiger charge is -2.52. The van der Waals surface area contributed by atoms with E-state index in [0.29, 0.717) is 12.8 Å². The summed E-state index contributed by atoms with van der Waals surface area (Å²) in [6.07, 6.45) is 5.18. The van der Waals surface area contributed by atoms with Gasteiger partial charge in [-0.05, 0) is 26.7 Å². The molecule has 2 unspecified atom stereocenters. The average molecular weight is 204 g/mol. The van der Waals surface area contributed by atoms with Crippen LogP contribution in [0, 0.1) is 10.8 Å². The summed E-state index contributed by atoms with van der Waals surface area (Å²) in [6, 6.07) is 0. The molecule has 1 saturated heterocycles. The van der Waals surface area contributed by atoms with Crippen LogP contribution in [0.15, 0.2) is 23.3 Å². The maximum atomic E-state index is 11.8. The number of ether oxygens (including phenoxy) is 1. The van der Waals surface area contributed by atoms with Crippen LogP contribution in [0.1, 0.15) is 26.7 Å². The Morgan fingerprint density at radius 3 is 1.80 bits per heavy atom. The summed E-state index contributed by atoms with van der Waals surface area (Å²) in [5.74, 6) is -0.695. The Balaban J connectivity index is 2.31. The number of rotatable bonds is 0. The number of hydrogen-bond acceptors (Lipinski definition) is 3. The van der Waals surface area contributed by atoms with Gasteiger partial charge in [-0.1, -0.05) is 23.3 Å². The number of hydrogen-bond donors (Lipinski definition) is 0. The molecule has 0 spiro atoms. The van der Waals surface area contributed by atoms with Gasteiger partial charge >= 0.3 is 11.9 Å². The number of esters is 2. The molecule has 0 aromatic carbocycles. The van der Waals surface area contributed by atoms with Crippen molar-refractivity contribution < 1.29 is 14.3 Å². The van der Waals surface area contributed by atoms with E-state index in [1.807, 2.05) is 26.0 Å². The van der Waals surface area contributed by atoms with Crippen LogP contribution in [-0.4, -0.2) is 11.9 Å². The molecule has 1 aliphatic heterocycles. The predicted octanol–water partition coefficient (Wildman–Crippen LogP) is 1.74. The van der Waals surface area contributed by atoms with Crippen LogP contribution < -0.4 is 0 Å². The molecule has 3 rings (SSSR count). The van der Waals surface area contributed by atoms with Crippen LogP contribution in [0.3, 0.4) is 0 Å². The van der Waals surface area contributed by atoms with Crippen LogP contribution in [0.4, 0.5) is 0 Å². The van der Waals surface area contributed by atoms with Crippen molar-refractivity contribution in [2.75, 3.05) is 0 Å². The third-order valence-corrected chi connectivity index (χ3v) is 4.47. The fourth-order valence-corrected chi connectivity index (χ4v) is 3.47. The van der Waals surface area contributed by atoms with Gasteiger partial charge in [-0.15, -0.1) is 0 Å². The van der Waals surface area contributed by atoms with Crippen molar-refractivity contribution in [1.29, 1.82) is 0 Å². The van der Waals surface area contributed by atoms with E-state index in [1.54, 1.807) is 0 Å². The minimum atomic E-state index is -0.650. The fraction of sp³-hybridized carbons (Fsp3) is 0.500. The Kier molecular flexibility index (Phi) is 1.32. The van der Waals surface area contributed by atoms with E-state index in [-0.39, 0.29) is 11.9 Å². The molecule has 0 aromatic heterocycles. The lowest BCUT2D eigenvalue weighted by molar-refractivity contribution is -0.154. The Labute approximate surface area is 87.8 Å². The number of carbonyl (C=O) groups excluding carboxylic acids is 2. The maximum Gasteiger partial charge on any atom is 0.325 e. The van der Waals surface area contributed by atoms with E-state index >= 15 is 0 Å². The highest BCUT2D eigenvalue weighted by Crippen LogP contribution is 2.69. The molecule has 3 heteroatoms. The molecular weight excluding hydrogens is 192 g/mol. The second kappa shape index (κ2) is 2.23. The van der Waals surface area contributed by atoms with Crippen LogP contribution in [0.2, 0.25) is 0 Å². The summed E-state index contributed by atoms with van der Waals surface area (Å²) in [7, 11) is 0. The van der Waals surface area contributed by atoms with Crippen LogP contribution in [0.5, 0.6) is 0 Å². The highest BCUT2D eigenvalue weighted by atomic mass is 16.6. The quantitative estimate of drug-likeness (QED) is 0.343. The summed E-state index contributed by atoms with van der Waals surface area (Å²) in [5.41, 5.74) is 0.761. The van der Waals surface area contributed by atoms with E-state index in [1.165, 1.54) is 0 Å². The molecule has 0 aromatic rings. The molecule has 0 saturated carbocycles.